The van der Waals surface area contributed by atoms with Gasteiger partial charge in [0.1, 0.15) is 5.82 Å². The fraction of sp³-hybridized carbons (Fsp3) is 0.111. The number of carboxylic acid groups (broad SMARTS) is 1. The van der Waals surface area contributed by atoms with Gasteiger partial charge in [0.05, 0.1) is 5.56 Å². The molecule has 0 amide bonds. The quantitative estimate of drug-likeness (QED) is 0.768. The largest absolute Gasteiger partial charge is 0.478 e. The molecule has 0 atom stereocenters. The highest BCUT2D eigenvalue weighted by Crippen LogP contribution is 2.26. The molecule has 116 valence electrons. The molecule has 0 saturated heterocycles. The molecule has 0 aliphatic heterocycles. The first kappa shape index (κ1) is 14.8. The van der Waals surface area contributed by atoms with Gasteiger partial charge in [0.25, 0.3) is 0 Å². The number of anilines is 3. The Morgan fingerprint density at radius 3 is 2.48 bits per heavy atom. The molecule has 3 aromatic rings. The minimum atomic E-state index is -0.947. The number of aromatic carboxylic acids is 1. The Labute approximate surface area is 134 Å². The predicted molar refractivity (Wildman–Crippen MR) is 92.8 cm³/mol. The second kappa shape index (κ2) is 5.96. The fourth-order valence-electron chi connectivity index (χ4n) is 2.38. The second-order valence-corrected chi connectivity index (χ2v) is 5.47. The average Bonchev–Trinajstić information content (AvgIpc) is 2.55. The molecule has 3 rings (SSSR count). The molecule has 0 unspecified atom stereocenters. The SMILES string of the molecule is CN(C)c1ccc(Nc2nccc3ccc(C(=O)O)cc23)cc1. The lowest BCUT2D eigenvalue weighted by atomic mass is 10.1. The van der Waals surface area contributed by atoms with Crippen LogP contribution >= 0.6 is 0 Å². The summed E-state index contributed by atoms with van der Waals surface area (Å²) >= 11 is 0. The number of carbonyl (C=O) groups is 1. The zero-order chi connectivity index (χ0) is 16.4. The normalized spacial score (nSPS) is 10.5. The Bertz CT molecular complexity index is 858. The van der Waals surface area contributed by atoms with Gasteiger partial charge in [0.2, 0.25) is 0 Å². The highest BCUT2D eigenvalue weighted by atomic mass is 16.4. The lowest BCUT2D eigenvalue weighted by Crippen LogP contribution is -2.08. The van der Waals surface area contributed by atoms with Crippen molar-refractivity contribution < 1.29 is 9.90 Å². The van der Waals surface area contributed by atoms with Crippen molar-refractivity contribution in [2.24, 2.45) is 0 Å². The summed E-state index contributed by atoms with van der Waals surface area (Å²) in [5.41, 5.74) is 2.25. The minimum absolute atomic E-state index is 0.247. The number of hydrogen-bond donors (Lipinski definition) is 2. The van der Waals surface area contributed by atoms with Crippen LogP contribution in [0.1, 0.15) is 10.4 Å². The number of hydrogen-bond acceptors (Lipinski definition) is 4. The Kier molecular flexibility index (Phi) is 3.85. The first-order valence-electron chi connectivity index (χ1n) is 7.21. The Balaban J connectivity index is 1.98. The molecule has 1 aromatic heterocycles. The van der Waals surface area contributed by atoms with Crippen LogP contribution < -0.4 is 10.2 Å². The van der Waals surface area contributed by atoms with Gasteiger partial charge in [0.15, 0.2) is 0 Å². The van der Waals surface area contributed by atoms with E-state index in [1.54, 1.807) is 24.4 Å². The fourth-order valence-corrected chi connectivity index (χ4v) is 2.38. The molecule has 5 heteroatoms. The van der Waals surface area contributed by atoms with Crippen molar-refractivity contribution in [2.45, 2.75) is 0 Å². The average molecular weight is 307 g/mol. The molecule has 23 heavy (non-hydrogen) atoms. The van der Waals surface area contributed by atoms with E-state index in [1.807, 2.05) is 49.3 Å². The number of benzene rings is 2. The number of aromatic nitrogens is 1. The van der Waals surface area contributed by atoms with Gasteiger partial charge in [-0.05, 0) is 47.9 Å². The van der Waals surface area contributed by atoms with Crippen molar-refractivity contribution in [1.29, 1.82) is 0 Å². The molecule has 0 spiro atoms. The summed E-state index contributed by atoms with van der Waals surface area (Å²) in [7, 11) is 3.98. The number of carboxylic acids is 1. The van der Waals surface area contributed by atoms with Crippen LogP contribution in [0, 0.1) is 0 Å². The third-order valence-corrected chi connectivity index (χ3v) is 3.66. The van der Waals surface area contributed by atoms with Gasteiger partial charge in [0, 0.05) is 37.1 Å². The Hall–Kier alpha value is -3.08. The molecule has 0 fully saturated rings. The van der Waals surface area contributed by atoms with E-state index in [4.69, 9.17) is 5.11 Å². The standard InChI is InChI=1S/C18H17N3O2/c1-21(2)15-7-5-14(6-8-15)20-17-16-11-13(18(22)23)4-3-12(16)9-10-19-17/h3-11H,1-2H3,(H,19,20)(H,22,23). The molecule has 2 aromatic carbocycles. The van der Waals surface area contributed by atoms with E-state index in [1.165, 1.54) is 0 Å². The Morgan fingerprint density at radius 2 is 1.83 bits per heavy atom. The topological polar surface area (TPSA) is 65.5 Å². The van der Waals surface area contributed by atoms with Crippen molar-refractivity contribution in [2.75, 3.05) is 24.3 Å². The van der Waals surface area contributed by atoms with Crippen molar-refractivity contribution in [3.05, 3.63) is 60.3 Å². The third-order valence-electron chi connectivity index (χ3n) is 3.66. The molecule has 0 radical (unpaired) electrons. The van der Waals surface area contributed by atoms with E-state index >= 15 is 0 Å². The minimum Gasteiger partial charge on any atom is -0.478 e. The van der Waals surface area contributed by atoms with E-state index in [9.17, 15) is 4.79 Å². The molecule has 5 nitrogen and oxygen atoms in total. The molecule has 1 heterocycles. The van der Waals surface area contributed by atoms with Crippen LogP contribution in [0.3, 0.4) is 0 Å². The summed E-state index contributed by atoms with van der Waals surface area (Å²) in [6.45, 7) is 0. The molecule has 0 bridgehead atoms. The maximum atomic E-state index is 11.2. The van der Waals surface area contributed by atoms with Gasteiger partial charge in [-0.25, -0.2) is 9.78 Å². The molecular formula is C18H17N3O2. The Morgan fingerprint density at radius 1 is 1.09 bits per heavy atom. The van der Waals surface area contributed by atoms with E-state index in [-0.39, 0.29) is 5.56 Å². The zero-order valence-electron chi connectivity index (χ0n) is 12.9. The summed E-state index contributed by atoms with van der Waals surface area (Å²) in [6, 6.07) is 14.9. The van der Waals surface area contributed by atoms with Gasteiger partial charge in [-0.3, -0.25) is 0 Å². The zero-order valence-corrected chi connectivity index (χ0v) is 12.9. The number of fused-ring (bicyclic) bond motifs is 1. The first-order valence-corrected chi connectivity index (χ1v) is 7.21. The molecule has 2 N–H and O–H groups in total. The molecule has 0 aliphatic carbocycles. The highest BCUT2D eigenvalue weighted by Gasteiger charge is 2.08. The van der Waals surface area contributed by atoms with Crippen LogP contribution in [-0.2, 0) is 0 Å². The number of pyridine rings is 1. The van der Waals surface area contributed by atoms with Gasteiger partial charge in [-0.2, -0.15) is 0 Å². The van der Waals surface area contributed by atoms with Crippen molar-refractivity contribution in [3.8, 4) is 0 Å². The van der Waals surface area contributed by atoms with Crippen molar-refractivity contribution in [3.63, 3.8) is 0 Å². The van der Waals surface area contributed by atoms with Crippen LogP contribution in [0.4, 0.5) is 17.2 Å². The molecule has 0 aliphatic rings. The number of rotatable bonds is 4. The maximum absolute atomic E-state index is 11.2. The van der Waals surface area contributed by atoms with E-state index in [0.29, 0.717) is 5.82 Å². The highest BCUT2D eigenvalue weighted by molar-refractivity contribution is 5.99. The number of nitrogens with zero attached hydrogens (tertiary/aromatic N) is 2. The maximum Gasteiger partial charge on any atom is 0.335 e. The van der Waals surface area contributed by atoms with Gasteiger partial charge in [-0.1, -0.05) is 6.07 Å². The summed E-state index contributed by atoms with van der Waals surface area (Å²) in [5, 5.41) is 14.1. The summed E-state index contributed by atoms with van der Waals surface area (Å²) in [5.74, 6) is -0.305. The predicted octanol–water partition coefficient (Wildman–Crippen LogP) is 3.74. The molecule has 0 saturated carbocycles. The van der Waals surface area contributed by atoms with Crippen molar-refractivity contribution >= 4 is 33.9 Å². The summed E-state index contributed by atoms with van der Waals surface area (Å²) in [6.07, 6.45) is 1.71. The summed E-state index contributed by atoms with van der Waals surface area (Å²) in [4.78, 5) is 17.5. The lowest BCUT2D eigenvalue weighted by molar-refractivity contribution is 0.0697. The number of nitrogens with one attached hydrogen (secondary N) is 1. The van der Waals surface area contributed by atoms with Gasteiger partial charge >= 0.3 is 5.97 Å². The van der Waals surface area contributed by atoms with E-state index < -0.39 is 5.97 Å². The van der Waals surface area contributed by atoms with E-state index in [2.05, 4.69) is 10.3 Å². The lowest BCUT2D eigenvalue weighted by Gasteiger charge is -2.14. The van der Waals surface area contributed by atoms with Crippen LogP contribution in [0.5, 0.6) is 0 Å². The van der Waals surface area contributed by atoms with Crippen LogP contribution in [0.25, 0.3) is 10.8 Å². The van der Waals surface area contributed by atoms with E-state index in [0.717, 1.165) is 22.1 Å². The monoisotopic (exact) mass is 307 g/mol. The second-order valence-electron chi connectivity index (χ2n) is 5.47. The smallest absolute Gasteiger partial charge is 0.335 e. The first-order chi connectivity index (χ1) is 11.0. The van der Waals surface area contributed by atoms with Gasteiger partial charge < -0.3 is 15.3 Å². The molecular weight excluding hydrogens is 290 g/mol. The van der Waals surface area contributed by atoms with Crippen LogP contribution in [0.15, 0.2) is 54.7 Å². The third kappa shape index (κ3) is 3.08. The van der Waals surface area contributed by atoms with Crippen molar-refractivity contribution in [1.82, 2.24) is 4.98 Å². The van der Waals surface area contributed by atoms with Gasteiger partial charge in [-0.15, -0.1) is 0 Å². The summed E-state index contributed by atoms with van der Waals surface area (Å²) < 4.78 is 0. The van der Waals surface area contributed by atoms with Crippen LogP contribution in [0.2, 0.25) is 0 Å². The van der Waals surface area contributed by atoms with Crippen LogP contribution in [-0.4, -0.2) is 30.2 Å².